The average Bonchev–Trinajstić information content (AvgIpc) is 3.25. The van der Waals surface area contributed by atoms with Gasteiger partial charge >= 0.3 is 0 Å². The van der Waals surface area contributed by atoms with Gasteiger partial charge in [-0.3, -0.25) is 4.79 Å². The van der Waals surface area contributed by atoms with Crippen LogP contribution in [0.1, 0.15) is 66.7 Å². The third-order valence-electron chi connectivity index (χ3n) is 4.21. The first-order valence-electron chi connectivity index (χ1n) is 8.78. The van der Waals surface area contributed by atoms with Crippen LogP contribution in [0, 0.1) is 0 Å². The second-order valence-corrected chi connectivity index (χ2v) is 8.52. The first kappa shape index (κ1) is 17.9. The van der Waals surface area contributed by atoms with Gasteiger partial charge in [0, 0.05) is 24.2 Å². The minimum Gasteiger partial charge on any atom is -0.474 e. The Morgan fingerprint density at radius 3 is 2.60 bits per heavy atom. The Morgan fingerprint density at radius 2 is 2.00 bits per heavy atom. The minimum absolute atomic E-state index is 0.0394. The molecule has 2 aromatic rings. The fraction of sp³-hybridized carbons (Fsp3) is 0.526. The van der Waals surface area contributed by atoms with Crippen molar-refractivity contribution in [3.63, 3.8) is 0 Å². The van der Waals surface area contributed by atoms with Crippen LogP contribution in [0.4, 0.5) is 0 Å². The van der Waals surface area contributed by atoms with Crippen molar-refractivity contribution in [2.45, 2.75) is 64.5 Å². The van der Waals surface area contributed by atoms with E-state index in [2.05, 4.69) is 36.1 Å². The molecule has 1 amide bonds. The van der Waals surface area contributed by atoms with E-state index in [1.54, 1.807) is 12.4 Å². The van der Waals surface area contributed by atoms with Crippen molar-refractivity contribution < 1.29 is 9.53 Å². The molecule has 25 heavy (non-hydrogen) atoms. The first-order chi connectivity index (χ1) is 11.9. The molecule has 134 valence electrons. The van der Waals surface area contributed by atoms with Crippen LogP contribution < -0.4 is 10.1 Å². The summed E-state index contributed by atoms with van der Waals surface area (Å²) in [7, 11) is 0. The zero-order chi connectivity index (χ0) is 17.9. The normalized spacial score (nSPS) is 15.3. The van der Waals surface area contributed by atoms with Gasteiger partial charge in [-0.2, -0.15) is 0 Å². The highest BCUT2D eigenvalue weighted by molar-refractivity contribution is 7.13. The molecule has 0 aliphatic heterocycles. The molecule has 1 saturated carbocycles. The van der Waals surface area contributed by atoms with E-state index in [1.165, 1.54) is 24.2 Å². The van der Waals surface area contributed by atoms with E-state index >= 15 is 0 Å². The molecule has 1 aliphatic rings. The molecule has 1 fully saturated rings. The lowest BCUT2D eigenvalue weighted by Crippen LogP contribution is -2.22. The molecular weight excluding hydrogens is 334 g/mol. The molecule has 2 heterocycles. The van der Waals surface area contributed by atoms with Crippen molar-refractivity contribution in [2.24, 2.45) is 0 Å². The van der Waals surface area contributed by atoms with Crippen molar-refractivity contribution in [1.82, 2.24) is 15.3 Å². The molecule has 5 nitrogen and oxygen atoms in total. The predicted octanol–water partition coefficient (Wildman–Crippen LogP) is 4.09. The highest BCUT2D eigenvalue weighted by Gasteiger charge is 2.20. The van der Waals surface area contributed by atoms with Crippen LogP contribution in [0.15, 0.2) is 24.5 Å². The largest absolute Gasteiger partial charge is 0.474 e. The molecule has 2 aromatic heterocycles. The van der Waals surface area contributed by atoms with Crippen molar-refractivity contribution in [3.05, 3.63) is 40.0 Å². The topological polar surface area (TPSA) is 64.1 Å². The van der Waals surface area contributed by atoms with Gasteiger partial charge in [0.05, 0.1) is 11.2 Å². The van der Waals surface area contributed by atoms with Crippen LogP contribution in [0.25, 0.3) is 0 Å². The predicted molar refractivity (Wildman–Crippen MR) is 99.1 cm³/mol. The van der Waals surface area contributed by atoms with Gasteiger partial charge < -0.3 is 10.1 Å². The summed E-state index contributed by atoms with van der Waals surface area (Å²) in [5.74, 6) is 0.568. The highest BCUT2D eigenvalue weighted by atomic mass is 32.1. The average molecular weight is 359 g/mol. The fourth-order valence-corrected chi connectivity index (χ4v) is 3.65. The molecule has 1 aliphatic carbocycles. The number of pyridine rings is 1. The lowest BCUT2D eigenvalue weighted by molar-refractivity contribution is 0.0954. The number of nitrogens with one attached hydrogen (secondary N) is 1. The van der Waals surface area contributed by atoms with E-state index in [0.29, 0.717) is 23.4 Å². The molecule has 0 aromatic carbocycles. The minimum atomic E-state index is -0.0979. The van der Waals surface area contributed by atoms with Crippen LogP contribution in [0.5, 0.6) is 5.88 Å². The Labute approximate surface area is 152 Å². The lowest BCUT2D eigenvalue weighted by atomic mass is 9.98. The molecule has 0 radical (unpaired) electrons. The summed E-state index contributed by atoms with van der Waals surface area (Å²) in [4.78, 5) is 21.6. The highest BCUT2D eigenvalue weighted by Crippen LogP contribution is 2.27. The Hall–Kier alpha value is -1.95. The van der Waals surface area contributed by atoms with Crippen LogP contribution >= 0.6 is 11.3 Å². The number of nitrogens with zero attached hydrogens (tertiary/aromatic N) is 2. The summed E-state index contributed by atoms with van der Waals surface area (Å²) in [5, 5.41) is 3.89. The van der Waals surface area contributed by atoms with Crippen molar-refractivity contribution in [3.8, 4) is 5.88 Å². The molecule has 0 saturated heterocycles. The summed E-state index contributed by atoms with van der Waals surface area (Å²) in [6.45, 7) is 6.72. The number of ether oxygens (including phenoxy) is 1. The Bertz CT molecular complexity index is 713. The third kappa shape index (κ3) is 4.78. The van der Waals surface area contributed by atoms with E-state index in [-0.39, 0.29) is 11.3 Å². The van der Waals surface area contributed by atoms with Crippen LogP contribution in [-0.4, -0.2) is 22.0 Å². The molecule has 0 atom stereocenters. The second kappa shape index (κ2) is 7.52. The Balaban J connectivity index is 1.52. The smallest absolute Gasteiger partial charge is 0.263 e. The van der Waals surface area contributed by atoms with Gasteiger partial charge in [-0.25, -0.2) is 9.97 Å². The molecule has 1 N–H and O–H groups in total. The SMILES string of the molecule is CC(C)(C)c1ncc(C(=O)NCc2ccc(OC3CCCC3)nc2)s1. The second-order valence-electron chi connectivity index (χ2n) is 7.49. The van der Waals surface area contributed by atoms with E-state index < -0.39 is 0 Å². The monoisotopic (exact) mass is 359 g/mol. The van der Waals surface area contributed by atoms with Gasteiger partial charge in [0.2, 0.25) is 5.88 Å². The number of thiazole rings is 1. The quantitative estimate of drug-likeness (QED) is 0.873. The van der Waals surface area contributed by atoms with Gasteiger partial charge in [0.1, 0.15) is 11.0 Å². The molecule has 6 heteroatoms. The van der Waals surface area contributed by atoms with E-state index in [0.717, 1.165) is 23.4 Å². The van der Waals surface area contributed by atoms with Crippen molar-refractivity contribution in [1.29, 1.82) is 0 Å². The molecule has 0 unspecified atom stereocenters. The Kier molecular flexibility index (Phi) is 5.37. The standard InChI is InChI=1S/C19H25N3O2S/c1-19(2,3)18-22-12-15(25-18)17(23)21-11-13-8-9-16(20-10-13)24-14-6-4-5-7-14/h8-10,12,14H,4-7,11H2,1-3H3,(H,21,23). The van der Waals surface area contributed by atoms with Crippen LogP contribution in [0.2, 0.25) is 0 Å². The lowest BCUT2D eigenvalue weighted by Gasteiger charge is -2.13. The number of carbonyl (C=O) groups is 1. The maximum atomic E-state index is 12.3. The van der Waals surface area contributed by atoms with Gasteiger partial charge in [0.15, 0.2) is 0 Å². The van der Waals surface area contributed by atoms with Gasteiger partial charge in [0.25, 0.3) is 5.91 Å². The molecule has 3 rings (SSSR count). The zero-order valence-corrected chi connectivity index (χ0v) is 15.9. The van der Waals surface area contributed by atoms with Crippen LogP contribution in [-0.2, 0) is 12.0 Å². The van der Waals surface area contributed by atoms with Gasteiger partial charge in [-0.1, -0.05) is 26.8 Å². The Morgan fingerprint density at radius 1 is 1.24 bits per heavy atom. The number of hydrogen-bond donors (Lipinski definition) is 1. The third-order valence-corrected chi connectivity index (χ3v) is 5.63. The summed E-state index contributed by atoms with van der Waals surface area (Å²) >= 11 is 1.44. The summed E-state index contributed by atoms with van der Waals surface area (Å²) in [5.41, 5.74) is 0.912. The number of amides is 1. The van der Waals surface area contributed by atoms with E-state index in [1.807, 2.05) is 12.1 Å². The molecular formula is C19H25N3O2S. The molecule has 0 bridgehead atoms. The van der Waals surface area contributed by atoms with Gasteiger partial charge in [-0.15, -0.1) is 11.3 Å². The number of rotatable bonds is 5. The van der Waals surface area contributed by atoms with Gasteiger partial charge in [-0.05, 0) is 31.2 Å². The number of aromatic nitrogens is 2. The zero-order valence-electron chi connectivity index (χ0n) is 15.0. The number of carbonyl (C=O) groups excluding carboxylic acids is 1. The fourth-order valence-electron chi connectivity index (χ4n) is 2.76. The van der Waals surface area contributed by atoms with Crippen molar-refractivity contribution in [2.75, 3.05) is 0 Å². The first-order valence-corrected chi connectivity index (χ1v) is 9.59. The summed E-state index contributed by atoms with van der Waals surface area (Å²) in [6, 6.07) is 3.83. The maximum absolute atomic E-state index is 12.3. The summed E-state index contributed by atoms with van der Waals surface area (Å²) < 4.78 is 5.85. The van der Waals surface area contributed by atoms with Crippen LogP contribution in [0.3, 0.4) is 0 Å². The summed E-state index contributed by atoms with van der Waals surface area (Å²) in [6.07, 6.45) is 8.43. The number of hydrogen-bond acceptors (Lipinski definition) is 5. The van der Waals surface area contributed by atoms with E-state index in [4.69, 9.17) is 4.74 Å². The molecule has 0 spiro atoms. The maximum Gasteiger partial charge on any atom is 0.263 e. The van der Waals surface area contributed by atoms with E-state index in [9.17, 15) is 4.79 Å². The van der Waals surface area contributed by atoms with Crippen molar-refractivity contribution >= 4 is 17.2 Å².